The van der Waals surface area contributed by atoms with E-state index in [1.165, 1.54) is 0 Å². The van der Waals surface area contributed by atoms with Gasteiger partial charge in [0.05, 0.1) is 41.4 Å². The van der Waals surface area contributed by atoms with E-state index in [4.69, 9.17) is 14.5 Å². The number of amides is 1. The Morgan fingerprint density at radius 1 is 1.19 bits per heavy atom. The Labute approximate surface area is 184 Å². The number of likely N-dealkylation sites (N-methyl/N-ethyl adjacent to an activating group) is 1. The van der Waals surface area contributed by atoms with E-state index in [-0.39, 0.29) is 5.91 Å². The lowest BCUT2D eigenvalue weighted by Gasteiger charge is -2.18. The van der Waals surface area contributed by atoms with Crippen LogP contribution in [0, 0.1) is 0 Å². The molecule has 0 unspecified atom stereocenters. The number of rotatable bonds is 8. The van der Waals surface area contributed by atoms with E-state index >= 15 is 0 Å². The Hall–Kier alpha value is -3.39. The number of fused-ring (bicyclic) bond motifs is 1. The summed E-state index contributed by atoms with van der Waals surface area (Å²) >= 11 is 1.60. The van der Waals surface area contributed by atoms with Crippen molar-refractivity contribution in [1.29, 1.82) is 0 Å². The molecule has 0 saturated carbocycles. The lowest BCUT2D eigenvalue weighted by molar-refractivity contribution is 0.0775. The molecule has 0 N–H and O–H groups in total. The lowest BCUT2D eigenvalue weighted by atomic mass is 10.1. The molecule has 1 amide bonds. The maximum Gasteiger partial charge on any atom is 0.254 e. The molecule has 0 bridgehead atoms. The third-order valence-corrected chi connectivity index (χ3v) is 5.91. The van der Waals surface area contributed by atoms with Crippen LogP contribution in [0.15, 0.2) is 54.0 Å². The first kappa shape index (κ1) is 20.9. The van der Waals surface area contributed by atoms with Gasteiger partial charge in [-0.15, -0.1) is 11.3 Å². The Kier molecular flexibility index (Phi) is 6.18. The quantitative estimate of drug-likeness (QED) is 0.411. The van der Waals surface area contributed by atoms with Gasteiger partial charge >= 0.3 is 0 Å². The lowest BCUT2D eigenvalue weighted by Crippen LogP contribution is -2.31. The Morgan fingerprint density at radius 3 is 2.65 bits per heavy atom. The zero-order chi connectivity index (χ0) is 21.8. The van der Waals surface area contributed by atoms with Gasteiger partial charge in [-0.2, -0.15) is 5.10 Å². The van der Waals surface area contributed by atoms with Crippen LogP contribution in [0.1, 0.15) is 17.3 Å². The molecule has 3 heterocycles. The van der Waals surface area contributed by atoms with Gasteiger partial charge in [0.25, 0.3) is 5.91 Å². The van der Waals surface area contributed by atoms with Crippen molar-refractivity contribution in [1.82, 2.24) is 19.7 Å². The molecular formula is C23H24N4O3S. The van der Waals surface area contributed by atoms with Crippen molar-refractivity contribution in [2.75, 3.05) is 27.3 Å². The third-order valence-electron chi connectivity index (χ3n) is 5.01. The number of thiophene rings is 1. The maximum atomic E-state index is 13.3. The van der Waals surface area contributed by atoms with Gasteiger partial charge in [-0.3, -0.25) is 4.79 Å². The van der Waals surface area contributed by atoms with Crippen molar-refractivity contribution in [3.8, 4) is 22.1 Å². The summed E-state index contributed by atoms with van der Waals surface area (Å²) < 4.78 is 12.7. The molecule has 0 aliphatic rings. The second-order valence-corrected chi connectivity index (χ2v) is 7.93. The highest BCUT2D eigenvalue weighted by molar-refractivity contribution is 7.13. The van der Waals surface area contributed by atoms with Gasteiger partial charge in [0.1, 0.15) is 18.1 Å². The molecule has 160 valence electrons. The molecule has 0 aliphatic heterocycles. The molecule has 0 fully saturated rings. The Morgan fingerprint density at radius 2 is 1.97 bits per heavy atom. The average Bonchev–Trinajstić information content (AvgIpc) is 3.48. The summed E-state index contributed by atoms with van der Waals surface area (Å²) in [6.45, 7) is 3.53. The first-order valence-electron chi connectivity index (χ1n) is 10.0. The number of methoxy groups -OCH3 is 1. The molecule has 4 rings (SSSR count). The number of benzene rings is 1. The molecule has 0 spiro atoms. The molecule has 3 aromatic heterocycles. The van der Waals surface area contributed by atoms with Crippen LogP contribution < -0.4 is 9.47 Å². The summed E-state index contributed by atoms with van der Waals surface area (Å²) in [6.07, 6.45) is 1.72. The summed E-state index contributed by atoms with van der Waals surface area (Å²) in [6, 6.07) is 13.2. The first-order valence-corrected chi connectivity index (χ1v) is 10.9. The van der Waals surface area contributed by atoms with Crippen LogP contribution >= 0.6 is 11.3 Å². The number of carbonyl (C=O) groups is 1. The molecule has 31 heavy (non-hydrogen) atoms. The van der Waals surface area contributed by atoms with Gasteiger partial charge in [-0.1, -0.05) is 6.07 Å². The second-order valence-electron chi connectivity index (χ2n) is 6.98. The number of ether oxygens (including phenoxy) is 2. The van der Waals surface area contributed by atoms with Gasteiger partial charge in [0, 0.05) is 13.6 Å². The van der Waals surface area contributed by atoms with Crippen LogP contribution in [-0.4, -0.2) is 52.9 Å². The summed E-state index contributed by atoms with van der Waals surface area (Å²) in [5.41, 5.74) is 2.10. The fourth-order valence-corrected chi connectivity index (χ4v) is 3.97. The van der Waals surface area contributed by atoms with Gasteiger partial charge in [0.15, 0.2) is 5.65 Å². The second kappa shape index (κ2) is 9.18. The predicted molar refractivity (Wildman–Crippen MR) is 122 cm³/mol. The smallest absolute Gasteiger partial charge is 0.254 e. The number of nitrogens with zero attached hydrogens (tertiary/aromatic N) is 4. The van der Waals surface area contributed by atoms with Crippen LogP contribution in [0.3, 0.4) is 0 Å². The minimum absolute atomic E-state index is 0.0841. The van der Waals surface area contributed by atoms with E-state index in [1.54, 1.807) is 36.6 Å². The fourth-order valence-electron chi connectivity index (χ4n) is 3.29. The number of aromatic nitrogens is 3. The highest BCUT2D eigenvalue weighted by Crippen LogP contribution is 2.28. The molecule has 7 nitrogen and oxygen atoms in total. The van der Waals surface area contributed by atoms with Crippen LogP contribution in [0.25, 0.3) is 21.6 Å². The standard InChI is InChI=1S/C23H24N4O3S/c1-4-27-22-19(15-24-27)18(14-20(25-22)21-6-5-13-31-21)23(28)26(2)11-12-30-17-9-7-16(29-3)8-10-17/h5-10,13-15H,4,11-12H2,1-3H3. The van der Waals surface area contributed by atoms with Gasteiger partial charge < -0.3 is 14.4 Å². The van der Waals surface area contributed by atoms with Crippen molar-refractivity contribution >= 4 is 28.3 Å². The van der Waals surface area contributed by atoms with E-state index in [9.17, 15) is 4.79 Å². The summed E-state index contributed by atoms with van der Waals surface area (Å²) in [5, 5.41) is 7.17. The van der Waals surface area contributed by atoms with Crippen molar-refractivity contribution < 1.29 is 14.3 Å². The first-order chi connectivity index (χ1) is 15.1. The molecule has 1 aromatic carbocycles. The topological polar surface area (TPSA) is 69.5 Å². The molecule has 0 saturated heterocycles. The third kappa shape index (κ3) is 4.39. The normalized spacial score (nSPS) is 10.9. The minimum Gasteiger partial charge on any atom is -0.497 e. The number of hydrogen-bond acceptors (Lipinski definition) is 6. The number of hydrogen-bond donors (Lipinski definition) is 0. The molecule has 0 atom stereocenters. The monoisotopic (exact) mass is 436 g/mol. The molecule has 4 aromatic rings. The maximum absolute atomic E-state index is 13.3. The van der Waals surface area contributed by atoms with E-state index < -0.39 is 0 Å². The summed E-state index contributed by atoms with van der Waals surface area (Å²) in [5.74, 6) is 1.42. The largest absolute Gasteiger partial charge is 0.497 e. The Bertz CT molecular complexity index is 1170. The van der Waals surface area contributed by atoms with Crippen LogP contribution in [0.4, 0.5) is 0 Å². The minimum atomic E-state index is -0.0841. The summed E-state index contributed by atoms with van der Waals surface area (Å²) in [4.78, 5) is 20.8. The van der Waals surface area contributed by atoms with Crippen LogP contribution in [0.2, 0.25) is 0 Å². The highest BCUT2D eigenvalue weighted by atomic mass is 32.1. The van der Waals surface area contributed by atoms with E-state index in [1.807, 2.05) is 59.5 Å². The van der Waals surface area contributed by atoms with Crippen molar-refractivity contribution in [2.24, 2.45) is 0 Å². The predicted octanol–water partition coefficient (Wildman–Crippen LogP) is 4.34. The Balaban J connectivity index is 1.53. The highest BCUT2D eigenvalue weighted by Gasteiger charge is 2.20. The van der Waals surface area contributed by atoms with E-state index in [2.05, 4.69) is 5.10 Å². The molecular weight excluding hydrogens is 412 g/mol. The van der Waals surface area contributed by atoms with Gasteiger partial charge in [0.2, 0.25) is 0 Å². The number of aryl methyl sites for hydroxylation is 1. The van der Waals surface area contributed by atoms with E-state index in [0.29, 0.717) is 25.3 Å². The van der Waals surface area contributed by atoms with Crippen LogP contribution in [0.5, 0.6) is 11.5 Å². The zero-order valence-electron chi connectivity index (χ0n) is 17.7. The summed E-state index contributed by atoms with van der Waals surface area (Å²) in [7, 11) is 3.40. The van der Waals surface area contributed by atoms with E-state index in [0.717, 1.165) is 33.1 Å². The SMILES string of the molecule is CCn1ncc2c(C(=O)N(C)CCOc3ccc(OC)cc3)cc(-c3cccs3)nc21. The molecule has 0 radical (unpaired) electrons. The number of carbonyl (C=O) groups excluding carboxylic acids is 1. The molecule has 8 heteroatoms. The number of pyridine rings is 1. The average molecular weight is 437 g/mol. The van der Waals surface area contributed by atoms with Crippen LogP contribution in [-0.2, 0) is 6.54 Å². The van der Waals surface area contributed by atoms with Crippen molar-refractivity contribution in [3.63, 3.8) is 0 Å². The van der Waals surface area contributed by atoms with Crippen molar-refractivity contribution in [3.05, 3.63) is 59.6 Å². The molecule has 0 aliphatic carbocycles. The van der Waals surface area contributed by atoms with Crippen molar-refractivity contribution in [2.45, 2.75) is 13.5 Å². The fraction of sp³-hybridized carbons (Fsp3) is 0.261. The zero-order valence-corrected chi connectivity index (χ0v) is 18.6. The van der Waals surface area contributed by atoms with Gasteiger partial charge in [-0.05, 0) is 48.7 Å². The van der Waals surface area contributed by atoms with Gasteiger partial charge in [-0.25, -0.2) is 9.67 Å².